The highest BCUT2D eigenvalue weighted by Crippen LogP contribution is 2.25. The van der Waals surface area contributed by atoms with Crippen LogP contribution in [0.2, 0.25) is 0 Å². The van der Waals surface area contributed by atoms with E-state index in [1.165, 1.54) is 0 Å². The lowest BCUT2D eigenvalue weighted by atomic mass is 10.0. The van der Waals surface area contributed by atoms with Gasteiger partial charge in [-0.25, -0.2) is 0 Å². The van der Waals surface area contributed by atoms with Crippen LogP contribution in [-0.2, 0) is 4.79 Å². The molecule has 0 fully saturated rings. The molecule has 1 atom stereocenters. The Hall–Kier alpha value is -1.55. The number of nitrogens with one attached hydrogen (secondary N) is 1. The first kappa shape index (κ1) is 15.5. The summed E-state index contributed by atoms with van der Waals surface area (Å²) in [6.07, 6.45) is 1.21. The third-order valence-corrected chi connectivity index (χ3v) is 2.79. The van der Waals surface area contributed by atoms with Crippen LogP contribution >= 0.6 is 0 Å². The van der Waals surface area contributed by atoms with Gasteiger partial charge in [0.05, 0.1) is 13.0 Å². The number of ether oxygens (including phenoxy) is 1. The standard InChI is InChI=1S/C15H24N2O2/c1-4-13(16)12-7-5-6-8-14(12)19-10-9-15(18)17-11(2)3/h5-8,11,13H,4,9-10,16H2,1-3H3,(H,17,18)/t13-/m0/s1. The molecule has 0 aliphatic rings. The fourth-order valence-corrected chi connectivity index (χ4v) is 1.79. The van der Waals surface area contributed by atoms with Crippen LogP contribution in [0.15, 0.2) is 24.3 Å². The Labute approximate surface area is 115 Å². The highest BCUT2D eigenvalue weighted by molar-refractivity contribution is 5.76. The van der Waals surface area contributed by atoms with Gasteiger partial charge in [-0.05, 0) is 26.3 Å². The minimum Gasteiger partial charge on any atom is -0.493 e. The quantitative estimate of drug-likeness (QED) is 0.794. The van der Waals surface area contributed by atoms with Crippen molar-refractivity contribution < 1.29 is 9.53 Å². The molecule has 0 saturated carbocycles. The molecule has 0 unspecified atom stereocenters. The van der Waals surface area contributed by atoms with E-state index in [9.17, 15) is 4.79 Å². The molecular formula is C15H24N2O2. The molecule has 3 N–H and O–H groups in total. The predicted molar refractivity (Wildman–Crippen MR) is 77.1 cm³/mol. The molecule has 1 aromatic rings. The van der Waals surface area contributed by atoms with E-state index in [0.29, 0.717) is 13.0 Å². The van der Waals surface area contributed by atoms with E-state index in [0.717, 1.165) is 17.7 Å². The summed E-state index contributed by atoms with van der Waals surface area (Å²) in [4.78, 5) is 11.5. The van der Waals surface area contributed by atoms with E-state index in [1.807, 2.05) is 45.0 Å². The van der Waals surface area contributed by atoms with Crippen molar-refractivity contribution in [2.75, 3.05) is 6.61 Å². The van der Waals surface area contributed by atoms with Crippen LogP contribution in [-0.4, -0.2) is 18.6 Å². The first-order chi connectivity index (χ1) is 9.04. The van der Waals surface area contributed by atoms with E-state index in [2.05, 4.69) is 5.32 Å². The van der Waals surface area contributed by atoms with Crippen LogP contribution in [0.3, 0.4) is 0 Å². The molecule has 1 amide bonds. The third kappa shape index (κ3) is 5.30. The minimum atomic E-state index is -0.0271. The summed E-state index contributed by atoms with van der Waals surface area (Å²) in [5.41, 5.74) is 7.03. The Morgan fingerprint density at radius 1 is 1.37 bits per heavy atom. The topological polar surface area (TPSA) is 64.3 Å². The number of rotatable bonds is 7. The van der Waals surface area contributed by atoms with E-state index >= 15 is 0 Å². The molecule has 1 aromatic carbocycles. The van der Waals surface area contributed by atoms with Gasteiger partial charge in [-0.1, -0.05) is 25.1 Å². The zero-order valence-electron chi connectivity index (χ0n) is 12.0. The predicted octanol–water partition coefficient (Wildman–Crippen LogP) is 2.39. The molecule has 0 radical (unpaired) electrons. The lowest BCUT2D eigenvalue weighted by Gasteiger charge is -2.15. The first-order valence-corrected chi connectivity index (χ1v) is 6.81. The molecular weight excluding hydrogens is 240 g/mol. The second-order valence-corrected chi connectivity index (χ2v) is 4.87. The van der Waals surface area contributed by atoms with Crippen molar-refractivity contribution in [2.24, 2.45) is 5.73 Å². The van der Waals surface area contributed by atoms with Crippen LogP contribution in [0, 0.1) is 0 Å². The smallest absolute Gasteiger partial charge is 0.223 e. The maximum atomic E-state index is 11.5. The van der Waals surface area contributed by atoms with E-state index in [1.54, 1.807) is 0 Å². The van der Waals surface area contributed by atoms with Gasteiger partial charge in [-0.3, -0.25) is 4.79 Å². The highest BCUT2D eigenvalue weighted by atomic mass is 16.5. The second kappa shape index (κ2) is 7.79. The Balaban J connectivity index is 2.51. The van der Waals surface area contributed by atoms with Crippen molar-refractivity contribution in [3.05, 3.63) is 29.8 Å². The monoisotopic (exact) mass is 264 g/mol. The molecule has 4 heteroatoms. The largest absolute Gasteiger partial charge is 0.493 e. The molecule has 19 heavy (non-hydrogen) atoms. The highest BCUT2D eigenvalue weighted by Gasteiger charge is 2.10. The summed E-state index contributed by atoms with van der Waals surface area (Å²) < 4.78 is 5.67. The van der Waals surface area contributed by atoms with Gasteiger partial charge in [0.2, 0.25) is 5.91 Å². The average molecular weight is 264 g/mol. The molecule has 0 spiro atoms. The SMILES string of the molecule is CC[C@H](N)c1ccccc1OCCC(=O)NC(C)C. The van der Waals surface area contributed by atoms with Crippen LogP contribution < -0.4 is 15.8 Å². The van der Waals surface area contributed by atoms with Gasteiger partial charge < -0.3 is 15.8 Å². The maximum Gasteiger partial charge on any atom is 0.223 e. The van der Waals surface area contributed by atoms with Crippen molar-refractivity contribution in [1.82, 2.24) is 5.32 Å². The third-order valence-electron chi connectivity index (χ3n) is 2.79. The minimum absolute atomic E-state index is 0.00673. The maximum absolute atomic E-state index is 11.5. The fourth-order valence-electron chi connectivity index (χ4n) is 1.79. The molecule has 0 saturated heterocycles. The van der Waals surface area contributed by atoms with Crippen molar-refractivity contribution in [3.63, 3.8) is 0 Å². The Kier molecular flexibility index (Phi) is 6.36. The lowest BCUT2D eigenvalue weighted by Crippen LogP contribution is -2.31. The number of para-hydroxylation sites is 1. The number of hydrogen-bond donors (Lipinski definition) is 2. The van der Waals surface area contributed by atoms with Gasteiger partial charge in [0.25, 0.3) is 0 Å². The van der Waals surface area contributed by atoms with Crippen LogP contribution in [0.5, 0.6) is 5.75 Å². The van der Waals surface area contributed by atoms with Gasteiger partial charge in [0.15, 0.2) is 0 Å². The molecule has 0 aromatic heterocycles. The van der Waals surface area contributed by atoms with E-state index in [-0.39, 0.29) is 18.0 Å². The fraction of sp³-hybridized carbons (Fsp3) is 0.533. The summed E-state index contributed by atoms with van der Waals surface area (Å²) in [6, 6.07) is 7.86. The Bertz CT molecular complexity index is 405. The number of carbonyl (C=O) groups excluding carboxylic acids is 1. The number of amides is 1. The average Bonchev–Trinajstić information content (AvgIpc) is 2.37. The zero-order chi connectivity index (χ0) is 14.3. The van der Waals surface area contributed by atoms with Gasteiger partial charge in [0, 0.05) is 17.6 Å². The van der Waals surface area contributed by atoms with Crippen molar-refractivity contribution in [2.45, 2.75) is 45.7 Å². The summed E-state index contributed by atoms with van der Waals surface area (Å²) in [7, 11) is 0. The zero-order valence-corrected chi connectivity index (χ0v) is 12.0. The number of hydrogen-bond acceptors (Lipinski definition) is 3. The molecule has 4 nitrogen and oxygen atoms in total. The van der Waals surface area contributed by atoms with Crippen LogP contribution in [0.4, 0.5) is 0 Å². The molecule has 106 valence electrons. The van der Waals surface area contributed by atoms with Gasteiger partial charge in [0.1, 0.15) is 5.75 Å². The lowest BCUT2D eigenvalue weighted by molar-refractivity contribution is -0.122. The van der Waals surface area contributed by atoms with Crippen molar-refractivity contribution >= 4 is 5.91 Å². The molecule has 0 heterocycles. The first-order valence-electron chi connectivity index (χ1n) is 6.81. The van der Waals surface area contributed by atoms with Gasteiger partial charge in [-0.15, -0.1) is 0 Å². The second-order valence-electron chi connectivity index (χ2n) is 4.87. The van der Waals surface area contributed by atoms with E-state index in [4.69, 9.17) is 10.5 Å². The summed E-state index contributed by atoms with van der Waals surface area (Å²) in [5.74, 6) is 0.779. The number of benzene rings is 1. The van der Waals surface area contributed by atoms with Crippen LogP contribution in [0.25, 0.3) is 0 Å². The van der Waals surface area contributed by atoms with Crippen LogP contribution in [0.1, 0.15) is 45.2 Å². The summed E-state index contributed by atoms with van der Waals surface area (Å²) in [5, 5.41) is 2.83. The molecule has 0 bridgehead atoms. The molecule has 0 aliphatic carbocycles. The molecule has 0 aliphatic heterocycles. The number of nitrogens with two attached hydrogens (primary N) is 1. The summed E-state index contributed by atoms with van der Waals surface area (Å²) >= 11 is 0. The van der Waals surface area contributed by atoms with Gasteiger partial charge in [-0.2, -0.15) is 0 Å². The van der Waals surface area contributed by atoms with Gasteiger partial charge >= 0.3 is 0 Å². The van der Waals surface area contributed by atoms with Crippen molar-refractivity contribution in [1.29, 1.82) is 0 Å². The number of carbonyl (C=O) groups is 1. The summed E-state index contributed by atoms with van der Waals surface area (Å²) in [6.45, 7) is 6.28. The Morgan fingerprint density at radius 3 is 2.68 bits per heavy atom. The van der Waals surface area contributed by atoms with Crippen molar-refractivity contribution in [3.8, 4) is 5.75 Å². The normalized spacial score (nSPS) is 12.3. The Morgan fingerprint density at radius 2 is 2.05 bits per heavy atom. The molecule has 1 rings (SSSR count). The van der Waals surface area contributed by atoms with E-state index < -0.39 is 0 Å².